The SMILES string of the molecule is C1=c2ccc(-c3cccs3)cc2=CCc2ccc(-c3cccs3)cc21. The predicted molar refractivity (Wildman–Crippen MR) is 110 cm³/mol. The summed E-state index contributed by atoms with van der Waals surface area (Å²) >= 11 is 3.59. The van der Waals surface area contributed by atoms with E-state index >= 15 is 0 Å². The van der Waals surface area contributed by atoms with Gasteiger partial charge in [-0.3, -0.25) is 0 Å². The van der Waals surface area contributed by atoms with Gasteiger partial charge in [-0.2, -0.15) is 0 Å². The van der Waals surface area contributed by atoms with Crippen molar-refractivity contribution < 1.29 is 0 Å². The summed E-state index contributed by atoms with van der Waals surface area (Å²) in [4.78, 5) is 2.66. The molecule has 0 fully saturated rings. The molecule has 2 aromatic carbocycles. The molecule has 0 spiro atoms. The Morgan fingerprint density at radius 3 is 2.12 bits per heavy atom. The van der Waals surface area contributed by atoms with Crippen LogP contribution >= 0.6 is 22.7 Å². The Bertz CT molecular complexity index is 1150. The van der Waals surface area contributed by atoms with Crippen LogP contribution in [0.2, 0.25) is 0 Å². The van der Waals surface area contributed by atoms with E-state index in [0.29, 0.717) is 0 Å². The average molecular weight is 357 g/mol. The van der Waals surface area contributed by atoms with E-state index in [-0.39, 0.29) is 0 Å². The molecular formula is C23H16S2. The quantitative estimate of drug-likeness (QED) is 0.457. The first kappa shape index (κ1) is 14.9. The molecule has 0 aliphatic heterocycles. The third kappa shape index (κ3) is 2.78. The van der Waals surface area contributed by atoms with Crippen molar-refractivity contribution >= 4 is 34.8 Å². The molecular weight excluding hydrogens is 340 g/mol. The first-order valence-corrected chi connectivity index (χ1v) is 10.2. The zero-order valence-electron chi connectivity index (χ0n) is 13.6. The number of benzene rings is 2. The van der Waals surface area contributed by atoms with Crippen LogP contribution in [0, 0.1) is 0 Å². The minimum atomic E-state index is 0.984. The Hall–Kier alpha value is -2.42. The van der Waals surface area contributed by atoms with Crippen molar-refractivity contribution in [2.24, 2.45) is 0 Å². The molecule has 0 saturated carbocycles. The van der Waals surface area contributed by atoms with Gasteiger partial charge in [-0.1, -0.05) is 42.5 Å². The van der Waals surface area contributed by atoms with Crippen LogP contribution in [-0.4, -0.2) is 0 Å². The second kappa shape index (κ2) is 6.14. The number of hydrogen-bond donors (Lipinski definition) is 0. The van der Waals surface area contributed by atoms with Crippen LogP contribution in [0.1, 0.15) is 11.1 Å². The minimum Gasteiger partial charge on any atom is -0.144 e. The molecule has 120 valence electrons. The van der Waals surface area contributed by atoms with Crippen molar-refractivity contribution in [2.45, 2.75) is 6.42 Å². The van der Waals surface area contributed by atoms with Gasteiger partial charge in [0.1, 0.15) is 0 Å². The number of rotatable bonds is 2. The summed E-state index contributed by atoms with van der Waals surface area (Å²) in [7, 11) is 0. The highest BCUT2D eigenvalue weighted by atomic mass is 32.1. The lowest BCUT2D eigenvalue weighted by Gasteiger charge is -2.05. The fourth-order valence-electron chi connectivity index (χ4n) is 3.38. The molecule has 0 radical (unpaired) electrons. The zero-order chi connectivity index (χ0) is 16.6. The Morgan fingerprint density at radius 2 is 1.40 bits per heavy atom. The molecule has 0 saturated heterocycles. The van der Waals surface area contributed by atoms with Gasteiger partial charge < -0.3 is 0 Å². The summed E-state index contributed by atoms with van der Waals surface area (Å²) in [6.45, 7) is 0. The van der Waals surface area contributed by atoms with Crippen molar-refractivity contribution in [2.75, 3.05) is 0 Å². The minimum absolute atomic E-state index is 0.984. The highest BCUT2D eigenvalue weighted by molar-refractivity contribution is 7.13. The van der Waals surface area contributed by atoms with Crippen LogP contribution < -0.4 is 10.4 Å². The molecule has 25 heavy (non-hydrogen) atoms. The second-order valence-electron chi connectivity index (χ2n) is 6.26. The number of fused-ring (bicyclic) bond motifs is 2. The maximum atomic E-state index is 2.36. The molecule has 0 N–H and O–H groups in total. The summed E-state index contributed by atoms with van der Waals surface area (Å²) in [6, 6.07) is 22.3. The van der Waals surface area contributed by atoms with Crippen molar-refractivity contribution in [1.82, 2.24) is 0 Å². The van der Waals surface area contributed by atoms with Gasteiger partial charge in [-0.25, -0.2) is 0 Å². The summed E-state index contributed by atoms with van der Waals surface area (Å²) in [5, 5.41) is 6.92. The molecule has 4 aromatic rings. The monoisotopic (exact) mass is 356 g/mol. The standard InChI is InChI=1S/C23H16S2/c1-3-22(24-11-1)19-10-8-18-14-21-15-20(23-4-2-12-25-23)9-6-16(21)5-7-17(18)13-19/h1-4,6-15H,5H2. The second-order valence-corrected chi connectivity index (χ2v) is 8.16. The van der Waals surface area contributed by atoms with Crippen molar-refractivity contribution in [1.29, 1.82) is 0 Å². The highest BCUT2D eigenvalue weighted by Crippen LogP contribution is 2.28. The largest absolute Gasteiger partial charge is 0.144 e. The van der Waals surface area contributed by atoms with E-state index in [2.05, 4.69) is 83.6 Å². The molecule has 1 aliphatic carbocycles. The van der Waals surface area contributed by atoms with Crippen LogP contribution in [0.15, 0.2) is 71.4 Å². The summed E-state index contributed by atoms with van der Waals surface area (Å²) in [5.74, 6) is 0. The molecule has 0 bridgehead atoms. The van der Waals surface area contributed by atoms with Crippen LogP contribution in [0.4, 0.5) is 0 Å². The van der Waals surface area contributed by atoms with E-state index in [1.165, 1.54) is 42.4 Å². The molecule has 1 aliphatic rings. The first-order chi connectivity index (χ1) is 12.4. The topological polar surface area (TPSA) is 0 Å². The summed E-state index contributed by atoms with van der Waals surface area (Å²) in [6.07, 6.45) is 5.68. The number of hydrogen-bond acceptors (Lipinski definition) is 2. The van der Waals surface area contributed by atoms with E-state index in [1.54, 1.807) is 22.7 Å². The lowest BCUT2D eigenvalue weighted by atomic mass is 10.0. The average Bonchev–Trinajstić information content (AvgIpc) is 3.32. The van der Waals surface area contributed by atoms with Crippen LogP contribution in [0.5, 0.6) is 0 Å². The molecule has 0 nitrogen and oxygen atoms in total. The maximum absolute atomic E-state index is 2.36. The van der Waals surface area contributed by atoms with Crippen molar-refractivity contribution in [3.63, 3.8) is 0 Å². The van der Waals surface area contributed by atoms with E-state index in [4.69, 9.17) is 0 Å². The van der Waals surface area contributed by atoms with Crippen LogP contribution in [-0.2, 0) is 6.42 Å². The van der Waals surface area contributed by atoms with Crippen molar-refractivity contribution in [3.8, 4) is 20.9 Å². The van der Waals surface area contributed by atoms with E-state index in [0.717, 1.165) is 6.42 Å². The molecule has 0 unspecified atom stereocenters. The van der Waals surface area contributed by atoms with Gasteiger partial charge in [0.05, 0.1) is 0 Å². The normalized spacial score (nSPS) is 12.5. The molecule has 0 amide bonds. The Morgan fingerprint density at radius 1 is 0.680 bits per heavy atom. The molecule has 2 heteroatoms. The van der Waals surface area contributed by atoms with Gasteiger partial charge in [-0.05, 0) is 80.2 Å². The third-order valence-electron chi connectivity index (χ3n) is 4.70. The van der Waals surface area contributed by atoms with E-state index < -0.39 is 0 Å². The lowest BCUT2D eigenvalue weighted by molar-refractivity contribution is 1.32. The zero-order valence-corrected chi connectivity index (χ0v) is 15.2. The maximum Gasteiger partial charge on any atom is 0.0342 e. The van der Waals surface area contributed by atoms with Gasteiger partial charge in [0.25, 0.3) is 0 Å². The molecule has 2 heterocycles. The van der Waals surface area contributed by atoms with Gasteiger partial charge in [0.15, 0.2) is 0 Å². The van der Waals surface area contributed by atoms with Crippen molar-refractivity contribution in [3.05, 3.63) is 93.0 Å². The van der Waals surface area contributed by atoms with E-state index in [1.807, 2.05) is 0 Å². The first-order valence-electron chi connectivity index (χ1n) is 8.39. The third-order valence-corrected chi connectivity index (χ3v) is 6.53. The summed E-state index contributed by atoms with van der Waals surface area (Å²) in [5.41, 5.74) is 5.35. The Kier molecular flexibility index (Phi) is 3.66. The lowest BCUT2D eigenvalue weighted by Crippen LogP contribution is -2.23. The fourth-order valence-corrected chi connectivity index (χ4v) is 4.83. The predicted octanol–water partition coefficient (Wildman–Crippen LogP) is 5.31. The smallest absolute Gasteiger partial charge is 0.0342 e. The fraction of sp³-hybridized carbons (Fsp3) is 0.0435. The molecule has 5 rings (SSSR count). The van der Waals surface area contributed by atoms with Gasteiger partial charge >= 0.3 is 0 Å². The van der Waals surface area contributed by atoms with Gasteiger partial charge in [0, 0.05) is 9.75 Å². The van der Waals surface area contributed by atoms with Gasteiger partial charge in [0.2, 0.25) is 0 Å². The van der Waals surface area contributed by atoms with E-state index in [9.17, 15) is 0 Å². The van der Waals surface area contributed by atoms with Crippen LogP contribution in [0.3, 0.4) is 0 Å². The van der Waals surface area contributed by atoms with Gasteiger partial charge in [-0.15, -0.1) is 22.7 Å². The van der Waals surface area contributed by atoms with Crippen LogP contribution in [0.25, 0.3) is 33.0 Å². The summed E-state index contributed by atoms with van der Waals surface area (Å²) < 4.78 is 0. The highest BCUT2D eigenvalue weighted by Gasteiger charge is 2.07. The Labute approximate surface area is 155 Å². The Balaban J connectivity index is 1.64. The number of thiophene rings is 2. The molecule has 2 aromatic heterocycles. The molecule has 0 atom stereocenters.